The number of fused-ring (bicyclic) bond motifs is 1. The van der Waals surface area contributed by atoms with Crippen molar-refractivity contribution in [3.63, 3.8) is 0 Å². The number of aromatic amines is 1. The summed E-state index contributed by atoms with van der Waals surface area (Å²) in [6.45, 7) is 7.35. The number of hydrogen-bond donors (Lipinski definition) is 4. The van der Waals surface area contributed by atoms with E-state index < -0.39 is 11.7 Å². The number of methoxy groups -OCH3 is 1. The monoisotopic (exact) mass is 565 g/mol. The average Bonchev–Trinajstić information content (AvgIpc) is 3.25. The summed E-state index contributed by atoms with van der Waals surface area (Å²) in [6, 6.07) is 10.8. The van der Waals surface area contributed by atoms with Crippen LogP contribution >= 0.6 is 0 Å². The lowest BCUT2D eigenvalue weighted by Gasteiger charge is -2.29. The Balaban J connectivity index is 1.39. The zero-order chi connectivity index (χ0) is 29.7. The molecule has 1 saturated carbocycles. The fraction of sp³-hybridized carbons (Fsp3) is 0.467. The van der Waals surface area contributed by atoms with Crippen LogP contribution in [0.25, 0.3) is 11.0 Å². The van der Waals surface area contributed by atoms with E-state index in [2.05, 4.69) is 20.9 Å². The Kier molecular flexibility index (Phi) is 9.05. The Labute approximate surface area is 239 Å². The van der Waals surface area contributed by atoms with Gasteiger partial charge in [0.1, 0.15) is 11.4 Å². The number of carbonyl (C=O) groups excluding carboxylic acids is 3. The van der Waals surface area contributed by atoms with Crippen LogP contribution in [0.15, 0.2) is 41.2 Å². The Morgan fingerprint density at radius 1 is 1.05 bits per heavy atom. The highest BCUT2D eigenvalue weighted by molar-refractivity contribution is 6.00. The Morgan fingerprint density at radius 2 is 1.78 bits per heavy atom. The molecular formula is C30H39N5O6. The second-order valence-electron chi connectivity index (χ2n) is 11.4. The molecule has 4 rings (SSSR count). The number of imidazole rings is 1. The lowest BCUT2D eigenvalue weighted by Crippen LogP contribution is -2.34. The molecule has 3 aromatic rings. The number of alkyl carbamates (subject to hydrolysis) is 1. The topological polar surface area (TPSA) is 144 Å². The summed E-state index contributed by atoms with van der Waals surface area (Å²) in [5, 5.41) is 8.45. The molecule has 1 aliphatic rings. The maximum Gasteiger partial charge on any atom is 0.407 e. The average molecular weight is 566 g/mol. The standard InChI is InChI=1S/C30H39N5O6/c1-18-9-12-20(17-24(18)40-5)32-27(37)19-10-13-21(14-11-19)35-26-22(7-6-8-23(26)34-28(35)38)33-25(36)15-16-31-29(39)41-30(2,3)4/h6-9,12,17,19,21H,10-11,13-16H2,1-5H3,(H,31,39)(H,32,37)(H,33,36)(H,34,38). The number of nitrogens with one attached hydrogen (secondary N) is 4. The third kappa shape index (κ3) is 7.47. The van der Waals surface area contributed by atoms with Crippen molar-refractivity contribution in [1.82, 2.24) is 14.9 Å². The van der Waals surface area contributed by atoms with E-state index in [-0.39, 0.29) is 42.4 Å². The molecule has 1 aromatic heterocycles. The van der Waals surface area contributed by atoms with E-state index in [4.69, 9.17) is 9.47 Å². The molecule has 0 spiro atoms. The summed E-state index contributed by atoms with van der Waals surface area (Å²) in [6.07, 6.45) is 1.99. The molecule has 220 valence electrons. The number of anilines is 2. The SMILES string of the molecule is COc1cc(NC(=O)C2CCC(n3c(=O)[nH]c4cccc(NC(=O)CCNC(=O)OC(C)(C)C)c43)CC2)ccc1C. The second kappa shape index (κ2) is 12.5. The van der Waals surface area contributed by atoms with Crippen molar-refractivity contribution in [2.45, 2.75) is 71.4 Å². The van der Waals surface area contributed by atoms with Crippen LogP contribution in [-0.4, -0.2) is 46.7 Å². The van der Waals surface area contributed by atoms with Crippen LogP contribution in [0.4, 0.5) is 16.2 Å². The van der Waals surface area contributed by atoms with Crippen molar-refractivity contribution >= 4 is 40.3 Å². The second-order valence-corrected chi connectivity index (χ2v) is 11.4. The van der Waals surface area contributed by atoms with Gasteiger partial charge in [-0.25, -0.2) is 9.59 Å². The third-order valence-corrected chi connectivity index (χ3v) is 7.14. The summed E-state index contributed by atoms with van der Waals surface area (Å²) in [5.74, 6) is 0.193. The fourth-order valence-corrected chi connectivity index (χ4v) is 5.17. The first-order valence-electron chi connectivity index (χ1n) is 13.9. The van der Waals surface area contributed by atoms with Crippen LogP contribution in [0.2, 0.25) is 0 Å². The highest BCUT2D eigenvalue weighted by Crippen LogP contribution is 2.35. The molecule has 4 N–H and O–H groups in total. The van der Waals surface area contributed by atoms with E-state index in [1.54, 1.807) is 50.6 Å². The van der Waals surface area contributed by atoms with Crippen molar-refractivity contribution in [3.8, 4) is 5.75 Å². The number of hydrogen-bond acceptors (Lipinski definition) is 6. The quantitative estimate of drug-likeness (QED) is 0.307. The van der Waals surface area contributed by atoms with Gasteiger partial charge in [0.05, 0.1) is 23.8 Å². The number of rotatable bonds is 8. The molecular weight excluding hydrogens is 526 g/mol. The number of amides is 3. The van der Waals surface area contributed by atoms with Gasteiger partial charge in [-0.15, -0.1) is 0 Å². The van der Waals surface area contributed by atoms with Gasteiger partial charge in [-0.05, 0) is 77.1 Å². The summed E-state index contributed by atoms with van der Waals surface area (Å²) in [5.41, 5.74) is 2.54. The van der Waals surface area contributed by atoms with Gasteiger partial charge in [0.25, 0.3) is 0 Å². The van der Waals surface area contributed by atoms with Crippen LogP contribution in [-0.2, 0) is 14.3 Å². The normalized spacial score (nSPS) is 17.1. The number of aromatic nitrogens is 2. The van der Waals surface area contributed by atoms with Crippen LogP contribution < -0.4 is 26.4 Å². The van der Waals surface area contributed by atoms with Gasteiger partial charge in [0.15, 0.2) is 0 Å². The first-order chi connectivity index (χ1) is 19.4. The highest BCUT2D eigenvalue weighted by atomic mass is 16.6. The molecule has 41 heavy (non-hydrogen) atoms. The van der Waals surface area contributed by atoms with E-state index >= 15 is 0 Å². The Bertz CT molecular complexity index is 1480. The summed E-state index contributed by atoms with van der Waals surface area (Å²) in [7, 11) is 1.60. The number of carbonyl (C=O) groups is 3. The smallest absolute Gasteiger partial charge is 0.407 e. The lowest BCUT2D eigenvalue weighted by molar-refractivity contribution is -0.121. The number of H-pyrrole nitrogens is 1. The van der Waals surface area contributed by atoms with E-state index in [0.717, 1.165) is 5.56 Å². The summed E-state index contributed by atoms with van der Waals surface area (Å²) >= 11 is 0. The van der Waals surface area contributed by atoms with Gasteiger partial charge in [0.2, 0.25) is 11.8 Å². The van der Waals surface area contributed by atoms with Crippen LogP contribution in [0.1, 0.15) is 64.5 Å². The minimum atomic E-state index is -0.627. The van der Waals surface area contributed by atoms with Crippen LogP contribution in [0.3, 0.4) is 0 Å². The first-order valence-corrected chi connectivity index (χ1v) is 13.9. The number of nitrogens with zero attached hydrogens (tertiary/aromatic N) is 1. The van der Waals surface area contributed by atoms with Crippen molar-refractivity contribution in [3.05, 3.63) is 52.4 Å². The molecule has 2 aromatic carbocycles. The molecule has 1 aliphatic carbocycles. The molecule has 1 heterocycles. The molecule has 0 unspecified atom stereocenters. The molecule has 11 heteroatoms. The number of benzene rings is 2. The molecule has 1 fully saturated rings. The fourth-order valence-electron chi connectivity index (χ4n) is 5.17. The van der Waals surface area contributed by atoms with Crippen molar-refractivity contribution < 1.29 is 23.9 Å². The molecule has 0 radical (unpaired) electrons. The highest BCUT2D eigenvalue weighted by Gasteiger charge is 2.30. The molecule has 3 amide bonds. The largest absolute Gasteiger partial charge is 0.496 e. The maximum absolute atomic E-state index is 13.0. The van der Waals surface area contributed by atoms with Gasteiger partial charge < -0.3 is 30.4 Å². The minimum Gasteiger partial charge on any atom is -0.496 e. The molecule has 0 bridgehead atoms. The van der Waals surface area contributed by atoms with Gasteiger partial charge in [-0.2, -0.15) is 0 Å². The molecule has 11 nitrogen and oxygen atoms in total. The number of ether oxygens (including phenoxy) is 2. The van der Waals surface area contributed by atoms with Crippen LogP contribution in [0.5, 0.6) is 5.75 Å². The zero-order valence-electron chi connectivity index (χ0n) is 24.3. The first kappa shape index (κ1) is 29.7. The zero-order valence-corrected chi connectivity index (χ0v) is 24.3. The van der Waals surface area contributed by atoms with Crippen molar-refractivity contribution in [2.75, 3.05) is 24.3 Å². The third-order valence-electron chi connectivity index (χ3n) is 7.14. The van der Waals surface area contributed by atoms with E-state index in [1.165, 1.54) is 0 Å². The van der Waals surface area contributed by atoms with Crippen molar-refractivity contribution in [1.29, 1.82) is 0 Å². The van der Waals surface area contributed by atoms with Gasteiger partial charge in [0, 0.05) is 36.7 Å². The minimum absolute atomic E-state index is 0.0391. The van der Waals surface area contributed by atoms with Gasteiger partial charge >= 0.3 is 11.8 Å². The summed E-state index contributed by atoms with van der Waals surface area (Å²) in [4.78, 5) is 53.4. The van der Waals surface area contributed by atoms with E-state index in [0.29, 0.717) is 53.8 Å². The predicted octanol–water partition coefficient (Wildman–Crippen LogP) is 4.87. The Hall–Kier alpha value is -4.28. The molecule has 0 saturated heterocycles. The predicted molar refractivity (Wildman–Crippen MR) is 157 cm³/mol. The van der Waals surface area contributed by atoms with E-state index in [1.807, 2.05) is 25.1 Å². The van der Waals surface area contributed by atoms with Crippen LogP contribution in [0, 0.1) is 12.8 Å². The summed E-state index contributed by atoms with van der Waals surface area (Å²) < 4.78 is 12.2. The van der Waals surface area contributed by atoms with Gasteiger partial charge in [-0.1, -0.05) is 12.1 Å². The maximum atomic E-state index is 13.0. The van der Waals surface area contributed by atoms with E-state index in [9.17, 15) is 19.2 Å². The Morgan fingerprint density at radius 3 is 2.46 bits per heavy atom. The molecule has 0 atom stereocenters. The van der Waals surface area contributed by atoms with Gasteiger partial charge in [-0.3, -0.25) is 14.2 Å². The van der Waals surface area contributed by atoms with Crippen molar-refractivity contribution in [2.24, 2.45) is 5.92 Å². The lowest BCUT2D eigenvalue weighted by atomic mass is 9.85. The molecule has 0 aliphatic heterocycles. The number of para-hydroxylation sites is 1. The number of aryl methyl sites for hydroxylation is 1.